The number of anilines is 1. The Morgan fingerprint density at radius 3 is 2.52 bits per heavy atom. The molecule has 0 saturated carbocycles. The van der Waals surface area contributed by atoms with Crippen molar-refractivity contribution in [3.05, 3.63) is 53.2 Å². The fourth-order valence-electron chi connectivity index (χ4n) is 2.47. The summed E-state index contributed by atoms with van der Waals surface area (Å²) in [7, 11) is 7.73. The molecule has 0 unspecified atom stereocenters. The second kappa shape index (κ2) is 11.9. The minimum Gasteiger partial charge on any atom is -0.492 e. The minimum atomic E-state index is 0. The third-order valence-electron chi connectivity index (χ3n) is 3.81. The van der Waals surface area contributed by atoms with Gasteiger partial charge < -0.3 is 19.9 Å². The largest absolute Gasteiger partial charge is 0.492 e. The Morgan fingerprint density at radius 1 is 1.19 bits per heavy atom. The van der Waals surface area contributed by atoms with Gasteiger partial charge in [-0.3, -0.25) is 4.99 Å². The molecular formula is C19H27ClIN5O. The molecule has 8 heteroatoms. The molecule has 1 heterocycles. The van der Waals surface area contributed by atoms with Crippen LogP contribution in [0.25, 0.3) is 0 Å². The predicted octanol–water partition coefficient (Wildman–Crippen LogP) is 3.51. The third kappa shape index (κ3) is 7.42. The van der Waals surface area contributed by atoms with Gasteiger partial charge in [0.25, 0.3) is 0 Å². The van der Waals surface area contributed by atoms with Crippen molar-refractivity contribution in [2.24, 2.45) is 4.99 Å². The average Bonchev–Trinajstić information content (AvgIpc) is 2.64. The third-order valence-corrected chi connectivity index (χ3v) is 4.06. The number of hydrogen-bond donors (Lipinski definition) is 1. The summed E-state index contributed by atoms with van der Waals surface area (Å²) in [5, 5.41) is 4.07. The molecule has 0 spiro atoms. The molecule has 0 bridgehead atoms. The number of benzene rings is 1. The molecule has 27 heavy (non-hydrogen) atoms. The second-order valence-corrected chi connectivity index (χ2v) is 6.44. The van der Waals surface area contributed by atoms with Crippen LogP contribution in [0.1, 0.15) is 5.56 Å². The molecule has 1 N–H and O–H groups in total. The topological polar surface area (TPSA) is 53.0 Å². The van der Waals surface area contributed by atoms with Gasteiger partial charge in [-0.15, -0.1) is 24.0 Å². The van der Waals surface area contributed by atoms with Crippen molar-refractivity contribution in [3.63, 3.8) is 0 Å². The number of hydrogen-bond acceptors (Lipinski definition) is 4. The first kappa shape index (κ1) is 23.3. The Kier molecular flexibility index (Phi) is 10.2. The number of nitrogens with zero attached hydrogens (tertiary/aromatic N) is 4. The molecule has 2 rings (SSSR count). The molecule has 2 aromatic rings. The van der Waals surface area contributed by atoms with Crippen LogP contribution in [0.3, 0.4) is 0 Å². The maximum Gasteiger partial charge on any atom is 0.193 e. The number of aromatic nitrogens is 1. The van der Waals surface area contributed by atoms with Gasteiger partial charge in [0.05, 0.1) is 6.54 Å². The summed E-state index contributed by atoms with van der Waals surface area (Å²) in [5.74, 6) is 2.55. The van der Waals surface area contributed by atoms with Gasteiger partial charge in [-0.25, -0.2) is 4.98 Å². The van der Waals surface area contributed by atoms with E-state index in [4.69, 9.17) is 16.3 Å². The van der Waals surface area contributed by atoms with E-state index in [1.807, 2.05) is 61.3 Å². The normalized spacial score (nSPS) is 10.8. The van der Waals surface area contributed by atoms with Crippen molar-refractivity contribution < 1.29 is 4.74 Å². The van der Waals surface area contributed by atoms with E-state index >= 15 is 0 Å². The summed E-state index contributed by atoms with van der Waals surface area (Å²) in [6.45, 7) is 1.90. The van der Waals surface area contributed by atoms with Crippen molar-refractivity contribution in [2.75, 3.05) is 46.2 Å². The lowest BCUT2D eigenvalue weighted by Gasteiger charge is -2.23. The Bertz CT molecular complexity index is 724. The summed E-state index contributed by atoms with van der Waals surface area (Å²) < 4.78 is 5.74. The molecule has 148 valence electrons. The van der Waals surface area contributed by atoms with Crippen molar-refractivity contribution >= 4 is 47.4 Å². The number of aliphatic imine (C=N–C) groups is 1. The van der Waals surface area contributed by atoms with Crippen molar-refractivity contribution in [2.45, 2.75) is 6.54 Å². The van der Waals surface area contributed by atoms with Crippen LogP contribution >= 0.6 is 35.6 Å². The molecule has 0 aliphatic heterocycles. The Balaban J connectivity index is 0.00000364. The van der Waals surface area contributed by atoms with Crippen LogP contribution in [0, 0.1) is 0 Å². The molecule has 0 atom stereocenters. The predicted molar refractivity (Wildman–Crippen MR) is 124 cm³/mol. The SMILES string of the molecule is CN=C(NCc1cccnc1N(C)C)N(C)CCOc1ccc(Cl)cc1.I. The lowest BCUT2D eigenvalue weighted by atomic mass is 10.2. The number of ether oxygens (including phenoxy) is 1. The minimum absolute atomic E-state index is 0. The number of guanidine groups is 1. The maximum absolute atomic E-state index is 5.88. The van der Waals surface area contributed by atoms with E-state index in [0.29, 0.717) is 24.7 Å². The summed E-state index contributed by atoms with van der Waals surface area (Å²) in [5.41, 5.74) is 1.12. The Morgan fingerprint density at radius 2 is 1.89 bits per heavy atom. The van der Waals surface area contributed by atoms with E-state index in [1.54, 1.807) is 13.2 Å². The number of pyridine rings is 1. The highest BCUT2D eigenvalue weighted by Gasteiger charge is 2.09. The smallest absolute Gasteiger partial charge is 0.193 e. The molecule has 0 amide bonds. The highest BCUT2D eigenvalue weighted by atomic mass is 127. The number of rotatable bonds is 7. The molecule has 1 aromatic carbocycles. The average molecular weight is 504 g/mol. The van der Waals surface area contributed by atoms with E-state index < -0.39 is 0 Å². The Labute approximate surface area is 183 Å². The van der Waals surface area contributed by atoms with Gasteiger partial charge in [0.15, 0.2) is 5.96 Å². The summed E-state index contributed by atoms with van der Waals surface area (Å²) in [6, 6.07) is 11.4. The maximum atomic E-state index is 5.88. The van der Waals surface area contributed by atoms with E-state index in [2.05, 4.69) is 21.4 Å². The zero-order chi connectivity index (χ0) is 18.9. The van der Waals surface area contributed by atoms with E-state index in [1.165, 1.54) is 0 Å². The van der Waals surface area contributed by atoms with Gasteiger partial charge in [0.1, 0.15) is 18.2 Å². The van der Waals surface area contributed by atoms with Gasteiger partial charge in [-0.05, 0) is 30.3 Å². The number of likely N-dealkylation sites (N-methyl/N-ethyl adjacent to an activating group) is 1. The standard InChI is InChI=1S/C19H26ClN5O.HI/c1-21-19(23-14-15-6-5-11-22-18(15)24(2)3)25(4)12-13-26-17-9-7-16(20)8-10-17;/h5-11H,12-14H2,1-4H3,(H,21,23);1H. The zero-order valence-corrected chi connectivity index (χ0v) is 19.2. The molecule has 0 fully saturated rings. The molecule has 0 aliphatic rings. The highest BCUT2D eigenvalue weighted by Crippen LogP contribution is 2.15. The molecule has 0 aliphatic carbocycles. The highest BCUT2D eigenvalue weighted by molar-refractivity contribution is 14.0. The molecule has 0 radical (unpaired) electrons. The van der Waals surface area contributed by atoms with Gasteiger partial charge in [0, 0.05) is 51.5 Å². The summed E-state index contributed by atoms with van der Waals surface area (Å²) in [4.78, 5) is 12.8. The van der Waals surface area contributed by atoms with Crippen LogP contribution < -0.4 is 15.0 Å². The lowest BCUT2D eigenvalue weighted by molar-refractivity contribution is 0.281. The van der Waals surface area contributed by atoms with Crippen molar-refractivity contribution in [1.29, 1.82) is 0 Å². The molecule has 1 aromatic heterocycles. The van der Waals surface area contributed by atoms with E-state index in [0.717, 1.165) is 23.1 Å². The van der Waals surface area contributed by atoms with Gasteiger partial charge in [-0.2, -0.15) is 0 Å². The monoisotopic (exact) mass is 503 g/mol. The van der Waals surface area contributed by atoms with Crippen molar-refractivity contribution in [1.82, 2.24) is 15.2 Å². The van der Waals surface area contributed by atoms with Crippen LogP contribution in [0.4, 0.5) is 5.82 Å². The first-order valence-electron chi connectivity index (χ1n) is 8.42. The van der Waals surface area contributed by atoms with Crippen LogP contribution in [0.15, 0.2) is 47.6 Å². The van der Waals surface area contributed by atoms with Crippen LogP contribution in [0.5, 0.6) is 5.75 Å². The molecular weight excluding hydrogens is 477 g/mol. The van der Waals surface area contributed by atoms with Gasteiger partial charge in [-0.1, -0.05) is 17.7 Å². The zero-order valence-electron chi connectivity index (χ0n) is 16.1. The summed E-state index contributed by atoms with van der Waals surface area (Å²) >= 11 is 5.88. The first-order valence-corrected chi connectivity index (χ1v) is 8.80. The fraction of sp³-hybridized carbons (Fsp3) is 0.368. The van der Waals surface area contributed by atoms with Crippen LogP contribution in [-0.4, -0.2) is 57.2 Å². The number of halogens is 2. The lowest BCUT2D eigenvalue weighted by Crippen LogP contribution is -2.40. The van der Waals surface area contributed by atoms with E-state index in [-0.39, 0.29) is 24.0 Å². The molecule has 0 saturated heterocycles. The number of nitrogens with one attached hydrogen (secondary N) is 1. The van der Waals surface area contributed by atoms with Gasteiger partial charge >= 0.3 is 0 Å². The van der Waals surface area contributed by atoms with Crippen LogP contribution in [0.2, 0.25) is 5.02 Å². The quantitative estimate of drug-likeness (QED) is 0.356. The first-order chi connectivity index (χ1) is 12.5. The van der Waals surface area contributed by atoms with E-state index in [9.17, 15) is 0 Å². The Hall–Kier alpha value is -1.74. The second-order valence-electron chi connectivity index (χ2n) is 6.01. The van der Waals surface area contributed by atoms with Gasteiger partial charge in [0.2, 0.25) is 0 Å². The van der Waals surface area contributed by atoms with Crippen LogP contribution in [-0.2, 0) is 6.54 Å². The molecule has 6 nitrogen and oxygen atoms in total. The fourth-order valence-corrected chi connectivity index (χ4v) is 2.59. The van der Waals surface area contributed by atoms with Crippen molar-refractivity contribution in [3.8, 4) is 5.75 Å². The summed E-state index contributed by atoms with van der Waals surface area (Å²) in [6.07, 6.45) is 1.80.